The highest BCUT2D eigenvalue weighted by Crippen LogP contribution is 2.19. The number of ether oxygens (including phenoxy) is 1. The number of rotatable bonds is 6. The van der Waals surface area contributed by atoms with Crippen LogP contribution in [0.4, 0.5) is 0 Å². The van der Waals surface area contributed by atoms with Gasteiger partial charge < -0.3 is 10.5 Å². The maximum atomic E-state index is 11.2. The Bertz CT molecular complexity index is 387. The van der Waals surface area contributed by atoms with Crippen LogP contribution in [0.25, 0.3) is 0 Å². The van der Waals surface area contributed by atoms with Crippen molar-refractivity contribution >= 4 is 17.7 Å². The Hall–Kier alpha value is -1.00. The summed E-state index contributed by atoms with van der Waals surface area (Å²) in [5.74, 6) is 0.920. The van der Waals surface area contributed by atoms with E-state index in [-0.39, 0.29) is 12.0 Å². The van der Waals surface area contributed by atoms with Crippen LogP contribution in [0.1, 0.15) is 29.7 Å². The molecule has 0 saturated heterocycles. The third-order valence-corrected chi connectivity index (χ3v) is 3.53. The van der Waals surface area contributed by atoms with Gasteiger partial charge in [-0.25, -0.2) is 0 Å². The second-order valence-corrected chi connectivity index (χ2v) is 5.38. The summed E-state index contributed by atoms with van der Waals surface area (Å²) in [6.07, 6.45) is 0. The topological polar surface area (TPSA) is 52.3 Å². The van der Waals surface area contributed by atoms with Crippen LogP contribution in [0.2, 0.25) is 0 Å². The number of carbonyl (C=O) groups is 1. The lowest BCUT2D eigenvalue weighted by molar-refractivity contribution is -0.139. The molecule has 0 amide bonds. The molecule has 0 bridgehead atoms. The van der Waals surface area contributed by atoms with E-state index in [0.29, 0.717) is 12.4 Å². The highest BCUT2D eigenvalue weighted by Gasteiger charge is 2.09. The van der Waals surface area contributed by atoms with Gasteiger partial charge in [0.1, 0.15) is 0 Å². The van der Waals surface area contributed by atoms with E-state index < -0.39 is 0 Å². The van der Waals surface area contributed by atoms with Crippen LogP contribution >= 0.6 is 11.8 Å². The Morgan fingerprint density at radius 2 is 1.94 bits per heavy atom. The van der Waals surface area contributed by atoms with E-state index in [2.05, 4.69) is 32.0 Å². The molecule has 3 nitrogen and oxygen atoms in total. The largest absolute Gasteiger partial charge is 0.465 e. The van der Waals surface area contributed by atoms with E-state index in [1.54, 1.807) is 0 Å². The third kappa shape index (κ3) is 5.10. The number of thioether (sulfide) groups is 1. The summed E-state index contributed by atoms with van der Waals surface area (Å²) in [6.45, 7) is 6.37. The standard InChI is InChI=1S/C14H21NO2S/c1-4-17-14(16)9-18-8-13(15)12-6-10(2)5-11(3)7-12/h5-7,13H,4,8-9,15H2,1-3H3. The van der Waals surface area contributed by atoms with Gasteiger partial charge in [0.05, 0.1) is 12.4 Å². The van der Waals surface area contributed by atoms with Crippen molar-refractivity contribution in [1.82, 2.24) is 0 Å². The number of hydrogen-bond donors (Lipinski definition) is 1. The lowest BCUT2D eigenvalue weighted by atomic mass is 10.0. The van der Waals surface area contributed by atoms with Gasteiger partial charge in [0.25, 0.3) is 0 Å². The smallest absolute Gasteiger partial charge is 0.315 e. The Morgan fingerprint density at radius 1 is 1.33 bits per heavy atom. The summed E-state index contributed by atoms with van der Waals surface area (Å²) in [5, 5.41) is 0. The summed E-state index contributed by atoms with van der Waals surface area (Å²) in [7, 11) is 0. The molecule has 1 rings (SSSR count). The fraction of sp³-hybridized carbons (Fsp3) is 0.500. The lowest BCUT2D eigenvalue weighted by Crippen LogP contribution is -2.15. The van der Waals surface area contributed by atoms with Crippen LogP contribution in [0.5, 0.6) is 0 Å². The van der Waals surface area contributed by atoms with Gasteiger partial charge in [-0.1, -0.05) is 29.3 Å². The average Bonchev–Trinajstić information content (AvgIpc) is 2.27. The number of nitrogens with two attached hydrogens (primary N) is 1. The summed E-state index contributed by atoms with van der Waals surface area (Å²) < 4.78 is 4.87. The van der Waals surface area contributed by atoms with Crippen molar-refractivity contribution < 1.29 is 9.53 Å². The number of benzene rings is 1. The first-order valence-electron chi connectivity index (χ1n) is 6.10. The first-order chi connectivity index (χ1) is 8.52. The monoisotopic (exact) mass is 267 g/mol. The second kappa shape index (κ2) is 7.44. The molecule has 0 aliphatic carbocycles. The second-order valence-electron chi connectivity index (χ2n) is 4.35. The predicted molar refractivity (Wildman–Crippen MR) is 76.8 cm³/mol. The molecular weight excluding hydrogens is 246 g/mol. The molecule has 0 heterocycles. The fourth-order valence-corrected chi connectivity index (χ4v) is 2.61. The molecule has 100 valence electrons. The Balaban J connectivity index is 2.45. The van der Waals surface area contributed by atoms with Crippen LogP contribution in [0, 0.1) is 13.8 Å². The maximum absolute atomic E-state index is 11.2. The maximum Gasteiger partial charge on any atom is 0.315 e. The van der Waals surface area contributed by atoms with Gasteiger partial charge in [-0.3, -0.25) is 4.79 Å². The molecule has 0 spiro atoms. The fourth-order valence-electron chi connectivity index (χ4n) is 1.79. The van der Waals surface area contributed by atoms with E-state index in [4.69, 9.17) is 10.5 Å². The van der Waals surface area contributed by atoms with E-state index in [9.17, 15) is 4.79 Å². The molecule has 0 saturated carbocycles. The van der Waals surface area contributed by atoms with Crippen molar-refractivity contribution in [3.63, 3.8) is 0 Å². The molecule has 2 N–H and O–H groups in total. The summed E-state index contributed by atoms with van der Waals surface area (Å²) in [6, 6.07) is 6.29. The highest BCUT2D eigenvalue weighted by atomic mass is 32.2. The Kier molecular flexibility index (Phi) is 6.22. The van der Waals surface area contributed by atoms with E-state index in [1.807, 2.05) is 6.92 Å². The molecule has 1 aromatic carbocycles. The molecule has 18 heavy (non-hydrogen) atoms. The molecule has 1 aromatic rings. The molecule has 0 aromatic heterocycles. The number of esters is 1. The van der Waals surface area contributed by atoms with Gasteiger partial charge in [-0.2, -0.15) is 0 Å². The van der Waals surface area contributed by atoms with Gasteiger partial charge in [0, 0.05) is 11.8 Å². The summed E-state index contributed by atoms with van der Waals surface area (Å²) >= 11 is 1.52. The molecule has 1 unspecified atom stereocenters. The molecule has 0 aliphatic rings. The lowest BCUT2D eigenvalue weighted by Gasteiger charge is -2.13. The van der Waals surface area contributed by atoms with Crippen molar-refractivity contribution in [2.24, 2.45) is 5.73 Å². The molecule has 4 heteroatoms. The minimum atomic E-state index is -0.171. The quantitative estimate of drug-likeness (QED) is 0.805. The number of aryl methyl sites for hydroxylation is 2. The average molecular weight is 267 g/mol. The minimum absolute atomic E-state index is 0.0389. The van der Waals surface area contributed by atoms with Crippen molar-refractivity contribution in [2.45, 2.75) is 26.8 Å². The van der Waals surface area contributed by atoms with Gasteiger partial charge >= 0.3 is 5.97 Å². The first-order valence-corrected chi connectivity index (χ1v) is 7.25. The van der Waals surface area contributed by atoms with Crippen molar-refractivity contribution in [2.75, 3.05) is 18.1 Å². The molecular formula is C14H21NO2S. The molecule has 0 fully saturated rings. The van der Waals surface area contributed by atoms with Gasteiger partial charge in [0.2, 0.25) is 0 Å². The Labute approximate surface area is 113 Å². The van der Waals surface area contributed by atoms with Gasteiger partial charge in [-0.15, -0.1) is 11.8 Å². The van der Waals surface area contributed by atoms with Gasteiger partial charge in [-0.05, 0) is 26.3 Å². The Morgan fingerprint density at radius 3 is 2.50 bits per heavy atom. The summed E-state index contributed by atoms with van der Waals surface area (Å²) in [4.78, 5) is 11.2. The van der Waals surface area contributed by atoms with Crippen LogP contribution in [-0.2, 0) is 9.53 Å². The normalized spacial score (nSPS) is 12.2. The SMILES string of the molecule is CCOC(=O)CSCC(N)c1cc(C)cc(C)c1. The highest BCUT2D eigenvalue weighted by molar-refractivity contribution is 7.99. The van der Waals surface area contributed by atoms with Crippen molar-refractivity contribution in [3.05, 3.63) is 34.9 Å². The molecule has 0 radical (unpaired) electrons. The van der Waals surface area contributed by atoms with Crippen LogP contribution in [0.3, 0.4) is 0 Å². The van der Waals surface area contributed by atoms with E-state index in [0.717, 1.165) is 11.3 Å². The predicted octanol–water partition coefficient (Wildman–Crippen LogP) is 2.60. The van der Waals surface area contributed by atoms with E-state index >= 15 is 0 Å². The first kappa shape index (κ1) is 15.1. The van der Waals surface area contributed by atoms with Crippen LogP contribution < -0.4 is 5.73 Å². The number of hydrogen-bond acceptors (Lipinski definition) is 4. The zero-order valence-electron chi connectivity index (χ0n) is 11.2. The zero-order chi connectivity index (χ0) is 13.5. The molecule has 1 atom stereocenters. The zero-order valence-corrected chi connectivity index (χ0v) is 12.0. The van der Waals surface area contributed by atoms with Crippen LogP contribution in [0.15, 0.2) is 18.2 Å². The summed E-state index contributed by atoms with van der Waals surface area (Å²) in [5.41, 5.74) is 9.69. The van der Waals surface area contributed by atoms with Crippen molar-refractivity contribution in [3.8, 4) is 0 Å². The number of carbonyl (C=O) groups excluding carboxylic acids is 1. The van der Waals surface area contributed by atoms with Gasteiger partial charge in [0.15, 0.2) is 0 Å². The third-order valence-electron chi connectivity index (χ3n) is 2.49. The van der Waals surface area contributed by atoms with E-state index in [1.165, 1.54) is 22.9 Å². The minimum Gasteiger partial charge on any atom is -0.465 e. The van der Waals surface area contributed by atoms with Crippen molar-refractivity contribution in [1.29, 1.82) is 0 Å². The molecule has 0 aliphatic heterocycles. The van der Waals surface area contributed by atoms with Crippen LogP contribution in [-0.4, -0.2) is 24.1 Å².